The van der Waals surface area contributed by atoms with Gasteiger partial charge in [-0.3, -0.25) is 0 Å². The summed E-state index contributed by atoms with van der Waals surface area (Å²) in [5.74, 6) is -0.353. The maximum atomic E-state index is 12.7. The summed E-state index contributed by atoms with van der Waals surface area (Å²) in [6.45, 7) is 3.91. The van der Waals surface area contributed by atoms with E-state index in [0.29, 0.717) is 0 Å². The highest BCUT2D eigenvalue weighted by Crippen LogP contribution is 2.15. The van der Waals surface area contributed by atoms with Crippen LogP contribution in [0.25, 0.3) is 0 Å². The number of nitrogens with one attached hydrogen (secondary N) is 1. The molecule has 0 bridgehead atoms. The molecule has 0 fully saturated rings. The molecule has 1 rings (SSSR count). The molecule has 0 amide bonds. The molecule has 1 N–H and O–H groups in total. The van der Waals surface area contributed by atoms with Gasteiger partial charge < -0.3 is 5.32 Å². The molecular weight excluding hydrogens is 189 g/mol. The maximum Gasteiger partial charge on any atom is 0.141 e. The second-order valence-electron chi connectivity index (χ2n) is 2.85. The lowest BCUT2D eigenvalue weighted by Gasteiger charge is -2.02. The quantitative estimate of drug-likeness (QED) is 0.739. The molecule has 3 heteroatoms. The van der Waals surface area contributed by atoms with Gasteiger partial charge in [0.25, 0.3) is 0 Å². The van der Waals surface area contributed by atoms with E-state index in [4.69, 9.17) is 11.6 Å². The van der Waals surface area contributed by atoms with Crippen LogP contribution in [0.1, 0.15) is 12.5 Å². The SMILES string of the molecule is CCNCCc1ccc(F)c(Cl)c1. The van der Waals surface area contributed by atoms with E-state index in [9.17, 15) is 4.39 Å². The van der Waals surface area contributed by atoms with Crippen molar-refractivity contribution in [1.29, 1.82) is 0 Å². The third kappa shape index (κ3) is 3.33. The van der Waals surface area contributed by atoms with Crippen molar-refractivity contribution in [3.8, 4) is 0 Å². The van der Waals surface area contributed by atoms with E-state index in [2.05, 4.69) is 12.2 Å². The third-order valence-electron chi connectivity index (χ3n) is 1.82. The number of hydrogen-bond donors (Lipinski definition) is 1. The minimum absolute atomic E-state index is 0.203. The van der Waals surface area contributed by atoms with Gasteiger partial charge >= 0.3 is 0 Å². The van der Waals surface area contributed by atoms with Crippen LogP contribution in [0.3, 0.4) is 0 Å². The largest absolute Gasteiger partial charge is 0.317 e. The van der Waals surface area contributed by atoms with E-state index >= 15 is 0 Å². The molecule has 0 atom stereocenters. The van der Waals surface area contributed by atoms with Gasteiger partial charge in [0.2, 0.25) is 0 Å². The molecule has 0 radical (unpaired) electrons. The van der Waals surface area contributed by atoms with Crippen LogP contribution in [0.2, 0.25) is 5.02 Å². The minimum atomic E-state index is -0.353. The first kappa shape index (κ1) is 10.5. The summed E-state index contributed by atoms with van der Waals surface area (Å²) in [7, 11) is 0. The summed E-state index contributed by atoms with van der Waals surface area (Å²) >= 11 is 5.63. The van der Waals surface area contributed by atoms with Crippen LogP contribution in [-0.2, 0) is 6.42 Å². The summed E-state index contributed by atoms with van der Waals surface area (Å²) in [4.78, 5) is 0. The fraction of sp³-hybridized carbons (Fsp3) is 0.400. The Morgan fingerprint density at radius 1 is 1.46 bits per heavy atom. The van der Waals surface area contributed by atoms with Gasteiger partial charge in [0.15, 0.2) is 0 Å². The number of benzene rings is 1. The van der Waals surface area contributed by atoms with Crippen molar-refractivity contribution in [1.82, 2.24) is 5.32 Å². The Kier molecular flexibility index (Phi) is 4.19. The van der Waals surface area contributed by atoms with E-state index < -0.39 is 0 Å². The number of likely N-dealkylation sites (N-methyl/N-ethyl adjacent to an activating group) is 1. The molecule has 13 heavy (non-hydrogen) atoms. The van der Waals surface area contributed by atoms with Gasteiger partial charge in [-0.05, 0) is 37.2 Å². The molecule has 0 aliphatic rings. The number of rotatable bonds is 4. The molecule has 0 aliphatic heterocycles. The normalized spacial score (nSPS) is 10.4. The average molecular weight is 202 g/mol. The van der Waals surface area contributed by atoms with Crippen molar-refractivity contribution in [3.63, 3.8) is 0 Å². The highest BCUT2D eigenvalue weighted by molar-refractivity contribution is 6.30. The molecule has 0 saturated carbocycles. The van der Waals surface area contributed by atoms with Gasteiger partial charge in [-0.25, -0.2) is 4.39 Å². The van der Waals surface area contributed by atoms with Crippen LogP contribution in [0.4, 0.5) is 4.39 Å². The highest BCUT2D eigenvalue weighted by atomic mass is 35.5. The molecule has 0 heterocycles. The number of halogens is 2. The molecule has 0 saturated heterocycles. The Bertz CT molecular complexity index is 276. The Morgan fingerprint density at radius 3 is 2.85 bits per heavy atom. The predicted octanol–water partition coefficient (Wildman–Crippen LogP) is 2.63. The van der Waals surface area contributed by atoms with Gasteiger partial charge in [0, 0.05) is 0 Å². The topological polar surface area (TPSA) is 12.0 Å². The molecule has 72 valence electrons. The smallest absolute Gasteiger partial charge is 0.141 e. The standard InChI is InChI=1S/C10H13ClFN/c1-2-13-6-5-8-3-4-10(12)9(11)7-8/h3-4,7,13H,2,5-6H2,1H3. The van der Waals surface area contributed by atoms with Crippen molar-refractivity contribution in [2.24, 2.45) is 0 Å². The van der Waals surface area contributed by atoms with Gasteiger partial charge in [0.1, 0.15) is 5.82 Å². The zero-order chi connectivity index (χ0) is 9.68. The van der Waals surface area contributed by atoms with Crippen molar-refractivity contribution in [2.75, 3.05) is 13.1 Å². The highest BCUT2D eigenvalue weighted by Gasteiger charge is 1.99. The monoisotopic (exact) mass is 201 g/mol. The van der Waals surface area contributed by atoms with Gasteiger partial charge in [0.05, 0.1) is 5.02 Å². The Balaban J connectivity index is 2.53. The first-order valence-corrected chi connectivity index (χ1v) is 4.76. The lowest BCUT2D eigenvalue weighted by Crippen LogP contribution is -2.15. The fourth-order valence-electron chi connectivity index (χ4n) is 1.10. The van der Waals surface area contributed by atoms with Gasteiger partial charge in [-0.2, -0.15) is 0 Å². The first-order chi connectivity index (χ1) is 6.24. The van der Waals surface area contributed by atoms with E-state index in [-0.39, 0.29) is 10.8 Å². The summed E-state index contributed by atoms with van der Waals surface area (Å²) in [6, 6.07) is 4.84. The van der Waals surface area contributed by atoms with Crippen LogP contribution in [0.5, 0.6) is 0 Å². The van der Waals surface area contributed by atoms with Crippen LogP contribution >= 0.6 is 11.6 Å². The Morgan fingerprint density at radius 2 is 2.23 bits per heavy atom. The van der Waals surface area contributed by atoms with Crippen LogP contribution < -0.4 is 5.32 Å². The maximum absolute atomic E-state index is 12.7. The number of hydrogen-bond acceptors (Lipinski definition) is 1. The minimum Gasteiger partial charge on any atom is -0.317 e. The van der Waals surface area contributed by atoms with Crippen molar-refractivity contribution < 1.29 is 4.39 Å². The first-order valence-electron chi connectivity index (χ1n) is 4.38. The Hall–Kier alpha value is -0.600. The van der Waals surface area contributed by atoms with Crippen LogP contribution in [-0.4, -0.2) is 13.1 Å². The molecular formula is C10H13ClFN. The van der Waals surface area contributed by atoms with Gasteiger partial charge in [-0.15, -0.1) is 0 Å². The van der Waals surface area contributed by atoms with Crippen molar-refractivity contribution >= 4 is 11.6 Å². The van der Waals surface area contributed by atoms with E-state index in [1.54, 1.807) is 12.1 Å². The van der Waals surface area contributed by atoms with Crippen LogP contribution in [0.15, 0.2) is 18.2 Å². The summed E-state index contributed by atoms with van der Waals surface area (Å²) in [5, 5.41) is 3.40. The molecule has 0 spiro atoms. The lowest BCUT2D eigenvalue weighted by atomic mass is 10.1. The summed E-state index contributed by atoms with van der Waals surface area (Å²) in [5.41, 5.74) is 1.06. The zero-order valence-electron chi connectivity index (χ0n) is 7.61. The third-order valence-corrected chi connectivity index (χ3v) is 2.11. The average Bonchev–Trinajstić information content (AvgIpc) is 2.12. The second kappa shape index (κ2) is 5.20. The molecule has 0 aromatic heterocycles. The second-order valence-corrected chi connectivity index (χ2v) is 3.26. The molecule has 1 aromatic rings. The van der Waals surface area contributed by atoms with Gasteiger partial charge in [-0.1, -0.05) is 24.6 Å². The predicted molar refractivity (Wildman–Crippen MR) is 53.7 cm³/mol. The fourth-order valence-corrected chi connectivity index (χ4v) is 1.31. The van der Waals surface area contributed by atoms with E-state index in [0.717, 1.165) is 25.1 Å². The van der Waals surface area contributed by atoms with Crippen LogP contribution in [0, 0.1) is 5.82 Å². The lowest BCUT2D eigenvalue weighted by molar-refractivity contribution is 0.626. The molecule has 0 unspecified atom stereocenters. The van der Waals surface area contributed by atoms with Crippen molar-refractivity contribution in [3.05, 3.63) is 34.6 Å². The Labute approximate surface area is 82.9 Å². The summed E-state index contributed by atoms with van der Waals surface area (Å²) < 4.78 is 12.7. The molecule has 1 aromatic carbocycles. The van der Waals surface area contributed by atoms with E-state index in [1.165, 1.54) is 6.07 Å². The molecule has 1 nitrogen and oxygen atoms in total. The van der Waals surface area contributed by atoms with Crippen molar-refractivity contribution in [2.45, 2.75) is 13.3 Å². The summed E-state index contributed by atoms with van der Waals surface area (Å²) in [6.07, 6.45) is 0.883. The van der Waals surface area contributed by atoms with E-state index in [1.807, 2.05) is 0 Å². The molecule has 0 aliphatic carbocycles. The zero-order valence-corrected chi connectivity index (χ0v) is 8.37.